The summed E-state index contributed by atoms with van der Waals surface area (Å²) < 4.78 is 11.2. The van der Waals surface area contributed by atoms with Crippen LogP contribution in [0.3, 0.4) is 0 Å². The standard InChI is InChI=1S/C22H26N2O3S/c1-5-26-20(25)15-11-10-14(2)17(12-15)23-21(28)24-18-13-22(3,4)27-19-9-7-6-8-16(18)19/h6-12,18H,5,13H2,1-4H3,(H2,23,24,28). The number of esters is 1. The Labute approximate surface area is 171 Å². The van der Waals surface area contributed by atoms with Crippen molar-refractivity contribution in [1.29, 1.82) is 0 Å². The zero-order chi connectivity index (χ0) is 20.3. The molecule has 2 aromatic rings. The second-order valence-corrected chi connectivity index (χ2v) is 7.91. The third kappa shape index (κ3) is 4.62. The fraction of sp³-hybridized carbons (Fsp3) is 0.364. The van der Waals surface area contributed by atoms with Gasteiger partial charge in [-0.05, 0) is 63.7 Å². The van der Waals surface area contributed by atoms with Crippen molar-refractivity contribution in [2.45, 2.75) is 45.8 Å². The Morgan fingerprint density at radius 2 is 2.04 bits per heavy atom. The lowest BCUT2D eigenvalue weighted by molar-refractivity contribution is 0.0526. The van der Waals surface area contributed by atoms with Gasteiger partial charge in [-0.15, -0.1) is 0 Å². The molecule has 6 heteroatoms. The first-order valence-corrected chi connectivity index (χ1v) is 9.83. The van der Waals surface area contributed by atoms with Gasteiger partial charge in [0.25, 0.3) is 0 Å². The number of rotatable bonds is 4. The normalized spacial score (nSPS) is 17.1. The predicted molar refractivity (Wildman–Crippen MR) is 115 cm³/mol. The number of thiocarbonyl (C=S) groups is 1. The van der Waals surface area contributed by atoms with E-state index in [1.54, 1.807) is 19.1 Å². The van der Waals surface area contributed by atoms with Gasteiger partial charge in [0, 0.05) is 17.7 Å². The van der Waals surface area contributed by atoms with E-state index < -0.39 is 0 Å². The Morgan fingerprint density at radius 3 is 2.79 bits per heavy atom. The number of carbonyl (C=O) groups is 1. The summed E-state index contributed by atoms with van der Waals surface area (Å²) in [6, 6.07) is 13.4. The lowest BCUT2D eigenvalue weighted by atomic mass is 9.90. The van der Waals surface area contributed by atoms with Crippen molar-refractivity contribution in [3.63, 3.8) is 0 Å². The lowest BCUT2D eigenvalue weighted by Gasteiger charge is -2.38. The molecule has 5 nitrogen and oxygen atoms in total. The van der Waals surface area contributed by atoms with Gasteiger partial charge >= 0.3 is 5.97 Å². The predicted octanol–water partition coefficient (Wildman–Crippen LogP) is 4.76. The van der Waals surface area contributed by atoms with Gasteiger partial charge in [0.05, 0.1) is 18.2 Å². The van der Waals surface area contributed by atoms with Crippen LogP contribution in [0.4, 0.5) is 5.69 Å². The summed E-state index contributed by atoms with van der Waals surface area (Å²) in [4.78, 5) is 12.0. The number of carbonyl (C=O) groups excluding carboxylic acids is 1. The molecule has 1 aliphatic heterocycles. The maximum Gasteiger partial charge on any atom is 0.338 e. The number of para-hydroxylation sites is 1. The van der Waals surface area contributed by atoms with Gasteiger partial charge < -0.3 is 20.1 Å². The first kappa shape index (κ1) is 20.1. The molecule has 0 amide bonds. The minimum absolute atomic E-state index is 0.0356. The molecule has 0 spiro atoms. The van der Waals surface area contributed by atoms with Crippen molar-refractivity contribution in [2.24, 2.45) is 0 Å². The maximum absolute atomic E-state index is 12.0. The van der Waals surface area contributed by atoms with E-state index in [1.807, 2.05) is 31.2 Å². The van der Waals surface area contributed by atoms with Crippen LogP contribution in [0, 0.1) is 6.92 Å². The molecule has 1 atom stereocenters. The molecule has 28 heavy (non-hydrogen) atoms. The van der Waals surface area contributed by atoms with Crippen LogP contribution < -0.4 is 15.4 Å². The second-order valence-electron chi connectivity index (χ2n) is 7.50. The molecule has 2 aromatic carbocycles. The Kier molecular flexibility index (Phi) is 5.89. The first-order valence-electron chi connectivity index (χ1n) is 9.42. The molecule has 0 aromatic heterocycles. The number of fused-ring (bicyclic) bond motifs is 1. The number of ether oxygens (including phenoxy) is 2. The van der Waals surface area contributed by atoms with E-state index in [2.05, 4.69) is 30.5 Å². The highest BCUT2D eigenvalue weighted by atomic mass is 32.1. The Morgan fingerprint density at radius 1 is 1.29 bits per heavy atom. The molecule has 0 saturated heterocycles. The van der Waals surface area contributed by atoms with E-state index >= 15 is 0 Å². The lowest BCUT2D eigenvalue weighted by Crippen LogP contribution is -2.42. The smallest absolute Gasteiger partial charge is 0.338 e. The number of nitrogens with one attached hydrogen (secondary N) is 2. The summed E-state index contributed by atoms with van der Waals surface area (Å²) in [6.07, 6.45) is 0.785. The van der Waals surface area contributed by atoms with Crippen molar-refractivity contribution >= 4 is 29.0 Å². The third-order valence-electron chi connectivity index (χ3n) is 4.68. The minimum atomic E-state index is -0.343. The highest BCUT2D eigenvalue weighted by Gasteiger charge is 2.33. The molecule has 1 heterocycles. The fourth-order valence-corrected chi connectivity index (χ4v) is 3.60. The van der Waals surface area contributed by atoms with Gasteiger partial charge in [0.1, 0.15) is 11.4 Å². The molecular formula is C22H26N2O3S. The highest BCUT2D eigenvalue weighted by molar-refractivity contribution is 7.80. The molecule has 148 valence electrons. The van der Waals surface area contributed by atoms with Gasteiger partial charge in [0.2, 0.25) is 0 Å². The average Bonchev–Trinajstić information content (AvgIpc) is 2.62. The summed E-state index contributed by atoms with van der Waals surface area (Å²) in [7, 11) is 0. The van der Waals surface area contributed by atoms with Crippen molar-refractivity contribution in [1.82, 2.24) is 5.32 Å². The maximum atomic E-state index is 12.0. The summed E-state index contributed by atoms with van der Waals surface area (Å²) in [5.41, 5.74) is 3.06. The van der Waals surface area contributed by atoms with Crippen LogP contribution in [0.5, 0.6) is 5.75 Å². The van der Waals surface area contributed by atoms with Crippen LogP contribution in [0.25, 0.3) is 0 Å². The van der Waals surface area contributed by atoms with Gasteiger partial charge in [-0.2, -0.15) is 0 Å². The summed E-state index contributed by atoms with van der Waals surface area (Å²) in [6.45, 7) is 8.24. The minimum Gasteiger partial charge on any atom is -0.487 e. The van der Waals surface area contributed by atoms with Gasteiger partial charge in [0.15, 0.2) is 5.11 Å². The summed E-state index contributed by atoms with van der Waals surface area (Å²) in [5, 5.41) is 7.13. The van der Waals surface area contributed by atoms with Gasteiger partial charge in [-0.25, -0.2) is 4.79 Å². The molecule has 1 aliphatic rings. The monoisotopic (exact) mass is 398 g/mol. The molecule has 0 saturated carbocycles. The Hall–Kier alpha value is -2.60. The van der Waals surface area contributed by atoms with E-state index in [9.17, 15) is 4.79 Å². The van der Waals surface area contributed by atoms with Crippen LogP contribution in [0.15, 0.2) is 42.5 Å². The zero-order valence-corrected chi connectivity index (χ0v) is 17.5. The summed E-state index contributed by atoms with van der Waals surface area (Å²) >= 11 is 5.56. The number of hydrogen-bond donors (Lipinski definition) is 2. The van der Waals surface area contributed by atoms with Crippen LogP contribution in [0.2, 0.25) is 0 Å². The number of benzene rings is 2. The highest BCUT2D eigenvalue weighted by Crippen LogP contribution is 2.39. The van der Waals surface area contributed by atoms with Gasteiger partial charge in [-0.1, -0.05) is 24.3 Å². The molecule has 0 bridgehead atoms. The molecule has 0 aliphatic carbocycles. The van der Waals surface area contributed by atoms with E-state index in [1.165, 1.54) is 0 Å². The van der Waals surface area contributed by atoms with Gasteiger partial charge in [-0.3, -0.25) is 0 Å². The second kappa shape index (κ2) is 8.19. The molecule has 2 N–H and O–H groups in total. The van der Waals surface area contributed by atoms with E-state index in [-0.39, 0.29) is 17.6 Å². The quantitative estimate of drug-likeness (QED) is 0.572. The zero-order valence-electron chi connectivity index (χ0n) is 16.7. The van der Waals surface area contributed by atoms with Crippen molar-refractivity contribution < 1.29 is 14.3 Å². The van der Waals surface area contributed by atoms with Crippen LogP contribution >= 0.6 is 12.2 Å². The number of hydrogen-bond acceptors (Lipinski definition) is 4. The van der Waals surface area contributed by atoms with Crippen molar-refractivity contribution in [3.05, 3.63) is 59.2 Å². The van der Waals surface area contributed by atoms with Crippen molar-refractivity contribution in [3.8, 4) is 5.75 Å². The number of aryl methyl sites for hydroxylation is 1. The van der Waals surface area contributed by atoms with Crippen LogP contribution in [-0.4, -0.2) is 23.3 Å². The molecule has 3 rings (SSSR count). The average molecular weight is 399 g/mol. The van der Waals surface area contributed by atoms with Crippen LogP contribution in [-0.2, 0) is 4.74 Å². The van der Waals surface area contributed by atoms with E-state index in [4.69, 9.17) is 21.7 Å². The summed E-state index contributed by atoms with van der Waals surface area (Å²) in [5.74, 6) is 0.532. The molecule has 1 unspecified atom stereocenters. The SMILES string of the molecule is CCOC(=O)c1ccc(C)c(NC(=S)NC2CC(C)(C)Oc3ccccc32)c1. The topological polar surface area (TPSA) is 59.6 Å². The van der Waals surface area contributed by atoms with Crippen molar-refractivity contribution in [2.75, 3.05) is 11.9 Å². The number of anilines is 1. The molecule has 0 radical (unpaired) electrons. The largest absolute Gasteiger partial charge is 0.487 e. The Bertz CT molecular complexity index is 895. The third-order valence-corrected chi connectivity index (χ3v) is 4.90. The fourth-order valence-electron chi connectivity index (χ4n) is 3.35. The molecular weight excluding hydrogens is 372 g/mol. The Balaban J connectivity index is 1.76. The van der Waals surface area contributed by atoms with E-state index in [0.29, 0.717) is 17.3 Å². The first-order chi connectivity index (χ1) is 13.3. The van der Waals surface area contributed by atoms with E-state index in [0.717, 1.165) is 29.0 Å². The molecule has 0 fully saturated rings. The van der Waals surface area contributed by atoms with Crippen LogP contribution in [0.1, 0.15) is 54.7 Å².